The Morgan fingerprint density at radius 3 is 2.70 bits per heavy atom. The van der Waals surface area contributed by atoms with Crippen molar-refractivity contribution in [2.24, 2.45) is 0 Å². The Kier molecular flexibility index (Phi) is 3.22. The van der Waals surface area contributed by atoms with Crippen LogP contribution in [0.4, 0.5) is 8.78 Å². The number of aromatic amines is 1. The number of H-pyrrole nitrogens is 1. The number of imidazole rings is 1. The van der Waals surface area contributed by atoms with Crippen LogP contribution in [0.15, 0.2) is 34.8 Å². The van der Waals surface area contributed by atoms with Crippen molar-refractivity contribution in [1.82, 2.24) is 9.55 Å². The molecule has 0 bridgehead atoms. The minimum atomic E-state index is -0.391. The maximum atomic E-state index is 13.8. The fourth-order valence-electron chi connectivity index (χ4n) is 2.19. The van der Waals surface area contributed by atoms with E-state index in [9.17, 15) is 8.78 Å². The van der Waals surface area contributed by atoms with Gasteiger partial charge in [0.2, 0.25) is 0 Å². The van der Waals surface area contributed by atoms with Gasteiger partial charge in [-0.25, -0.2) is 8.78 Å². The van der Waals surface area contributed by atoms with Crippen molar-refractivity contribution < 1.29 is 8.78 Å². The van der Waals surface area contributed by atoms with E-state index in [2.05, 4.69) is 20.9 Å². The highest BCUT2D eigenvalue weighted by molar-refractivity contribution is 9.10. The van der Waals surface area contributed by atoms with Gasteiger partial charge in [0, 0.05) is 6.07 Å². The number of hydrogen-bond donors (Lipinski definition) is 1. The summed E-state index contributed by atoms with van der Waals surface area (Å²) in [5.74, 6) is -0.756. The number of nitrogens with one attached hydrogen (secondary N) is 1. The van der Waals surface area contributed by atoms with Crippen molar-refractivity contribution in [2.45, 2.75) is 6.92 Å². The normalized spacial score (nSPS) is 11.2. The number of fused-ring (bicyclic) bond motifs is 1. The molecule has 0 amide bonds. The minimum absolute atomic E-state index is 0.365. The average Bonchev–Trinajstić information content (AvgIpc) is 2.69. The molecule has 1 N–H and O–H groups in total. The van der Waals surface area contributed by atoms with Crippen molar-refractivity contribution in [3.05, 3.63) is 56.8 Å². The molecule has 0 spiro atoms. The molecular weight excluding hydrogens is 346 g/mol. The average molecular weight is 355 g/mol. The Bertz CT molecular complexity index is 883. The van der Waals surface area contributed by atoms with Gasteiger partial charge in [0.15, 0.2) is 4.77 Å². The number of aryl methyl sites for hydroxylation is 1. The van der Waals surface area contributed by atoms with Gasteiger partial charge in [-0.2, -0.15) is 0 Å². The Hall–Kier alpha value is -1.53. The number of aromatic nitrogens is 2. The Balaban J connectivity index is 2.40. The van der Waals surface area contributed by atoms with Crippen molar-refractivity contribution in [3.8, 4) is 5.69 Å². The van der Waals surface area contributed by atoms with E-state index in [0.29, 0.717) is 26.0 Å². The monoisotopic (exact) mass is 354 g/mol. The molecule has 0 unspecified atom stereocenters. The number of benzene rings is 2. The molecule has 6 heteroatoms. The predicted octanol–water partition coefficient (Wildman–Crippen LogP) is 5.04. The summed E-state index contributed by atoms with van der Waals surface area (Å²) in [4.78, 5) is 2.99. The molecule has 0 aliphatic carbocycles. The smallest absolute Gasteiger partial charge is 0.182 e. The molecule has 3 aromatic rings. The number of rotatable bonds is 1. The first-order valence-corrected chi connectivity index (χ1v) is 7.04. The summed E-state index contributed by atoms with van der Waals surface area (Å²) in [6, 6.07) is 7.40. The van der Waals surface area contributed by atoms with Gasteiger partial charge in [0.25, 0.3) is 0 Å². The molecule has 2 nitrogen and oxygen atoms in total. The maximum Gasteiger partial charge on any atom is 0.182 e. The third kappa shape index (κ3) is 2.09. The van der Waals surface area contributed by atoms with Crippen LogP contribution in [-0.2, 0) is 0 Å². The van der Waals surface area contributed by atoms with Crippen LogP contribution in [0.1, 0.15) is 5.56 Å². The first-order valence-electron chi connectivity index (χ1n) is 5.83. The lowest BCUT2D eigenvalue weighted by molar-refractivity contribution is 0.619. The van der Waals surface area contributed by atoms with E-state index in [4.69, 9.17) is 12.2 Å². The molecule has 102 valence electrons. The molecule has 0 aliphatic rings. The fourth-order valence-corrected chi connectivity index (χ4v) is 2.96. The maximum absolute atomic E-state index is 13.8. The van der Waals surface area contributed by atoms with E-state index in [1.165, 1.54) is 18.2 Å². The molecule has 0 fully saturated rings. The van der Waals surface area contributed by atoms with Crippen LogP contribution in [0.25, 0.3) is 16.7 Å². The lowest BCUT2D eigenvalue weighted by Gasteiger charge is -2.09. The summed E-state index contributed by atoms with van der Waals surface area (Å²) in [5, 5.41) is 0. The molecule has 3 rings (SSSR count). The summed E-state index contributed by atoms with van der Waals surface area (Å²) in [5.41, 5.74) is 2.71. The third-order valence-electron chi connectivity index (χ3n) is 3.13. The highest BCUT2D eigenvalue weighted by Crippen LogP contribution is 2.27. The fraction of sp³-hybridized carbons (Fsp3) is 0.0714. The minimum Gasteiger partial charge on any atom is -0.330 e. The van der Waals surface area contributed by atoms with Gasteiger partial charge in [0.05, 0.1) is 21.2 Å². The first kappa shape index (κ1) is 13.5. The number of halogens is 3. The van der Waals surface area contributed by atoms with Crippen LogP contribution in [0.5, 0.6) is 0 Å². The van der Waals surface area contributed by atoms with Crippen LogP contribution in [0.3, 0.4) is 0 Å². The largest absolute Gasteiger partial charge is 0.330 e. The van der Waals surface area contributed by atoms with Gasteiger partial charge in [-0.15, -0.1) is 0 Å². The quantitative estimate of drug-likeness (QED) is 0.607. The third-order valence-corrected chi connectivity index (χ3v) is 4.02. The molecule has 0 saturated carbocycles. The summed E-state index contributed by atoms with van der Waals surface area (Å²) in [6.45, 7) is 1.85. The topological polar surface area (TPSA) is 20.7 Å². The summed E-state index contributed by atoms with van der Waals surface area (Å²) in [6.07, 6.45) is 0. The molecule has 1 aromatic heterocycles. The van der Waals surface area contributed by atoms with Crippen molar-refractivity contribution in [2.75, 3.05) is 0 Å². The lowest BCUT2D eigenvalue weighted by Crippen LogP contribution is -1.99. The van der Waals surface area contributed by atoms with Crippen LogP contribution < -0.4 is 0 Å². The summed E-state index contributed by atoms with van der Waals surface area (Å²) in [7, 11) is 0. The molecule has 2 aromatic carbocycles. The Morgan fingerprint density at radius 1 is 1.20 bits per heavy atom. The van der Waals surface area contributed by atoms with E-state index in [1.54, 1.807) is 16.7 Å². The van der Waals surface area contributed by atoms with E-state index in [0.717, 1.165) is 5.56 Å². The molecule has 20 heavy (non-hydrogen) atoms. The van der Waals surface area contributed by atoms with E-state index in [-0.39, 0.29) is 5.82 Å². The first-order chi connectivity index (χ1) is 9.47. The highest BCUT2D eigenvalue weighted by Gasteiger charge is 2.12. The second-order valence-electron chi connectivity index (χ2n) is 4.48. The molecule has 1 heterocycles. The van der Waals surface area contributed by atoms with Gasteiger partial charge in [-0.05, 0) is 64.9 Å². The van der Waals surface area contributed by atoms with E-state index in [1.807, 2.05) is 6.92 Å². The van der Waals surface area contributed by atoms with Gasteiger partial charge in [-0.1, -0.05) is 0 Å². The number of nitrogens with zero attached hydrogens (tertiary/aromatic N) is 1. The SMILES string of the molecule is Cc1cc(Br)c(F)cc1-n1c(=S)[nH]c2ccc(F)cc21. The zero-order valence-electron chi connectivity index (χ0n) is 10.4. The van der Waals surface area contributed by atoms with E-state index >= 15 is 0 Å². The van der Waals surface area contributed by atoms with Crippen molar-refractivity contribution in [1.29, 1.82) is 0 Å². The Labute approximate surface area is 127 Å². The standard InChI is InChI=1S/C14H9BrF2N2S/c1-7-4-9(15)10(17)6-12(7)19-13-5-8(16)2-3-11(13)18-14(19)20/h2-6H,1H3,(H,18,20). The highest BCUT2D eigenvalue weighted by atomic mass is 79.9. The predicted molar refractivity (Wildman–Crippen MR) is 80.8 cm³/mol. The molecule has 0 radical (unpaired) electrons. The van der Waals surface area contributed by atoms with Crippen LogP contribution in [-0.4, -0.2) is 9.55 Å². The molecule has 0 atom stereocenters. The van der Waals surface area contributed by atoms with Gasteiger partial charge in [-0.3, -0.25) is 4.57 Å². The number of hydrogen-bond acceptors (Lipinski definition) is 1. The van der Waals surface area contributed by atoms with E-state index < -0.39 is 5.82 Å². The van der Waals surface area contributed by atoms with Crippen LogP contribution >= 0.6 is 28.1 Å². The zero-order chi connectivity index (χ0) is 14.4. The van der Waals surface area contributed by atoms with Gasteiger partial charge in [0.1, 0.15) is 11.6 Å². The van der Waals surface area contributed by atoms with Crippen molar-refractivity contribution >= 4 is 39.2 Å². The second-order valence-corrected chi connectivity index (χ2v) is 5.72. The van der Waals surface area contributed by atoms with Gasteiger partial charge < -0.3 is 4.98 Å². The molecular formula is C14H9BrF2N2S. The summed E-state index contributed by atoms with van der Waals surface area (Å²) < 4.78 is 29.6. The molecule has 0 aliphatic heterocycles. The zero-order valence-corrected chi connectivity index (χ0v) is 12.8. The summed E-state index contributed by atoms with van der Waals surface area (Å²) >= 11 is 8.41. The molecule has 0 saturated heterocycles. The van der Waals surface area contributed by atoms with Crippen molar-refractivity contribution in [3.63, 3.8) is 0 Å². The van der Waals surface area contributed by atoms with Crippen LogP contribution in [0.2, 0.25) is 0 Å². The Morgan fingerprint density at radius 2 is 1.95 bits per heavy atom. The second kappa shape index (κ2) is 4.79. The van der Waals surface area contributed by atoms with Crippen LogP contribution in [0, 0.1) is 23.3 Å². The lowest BCUT2D eigenvalue weighted by atomic mass is 10.2. The van der Waals surface area contributed by atoms with Gasteiger partial charge >= 0.3 is 0 Å².